The van der Waals surface area contributed by atoms with E-state index in [1.165, 1.54) is 0 Å². The molecule has 0 spiro atoms. The fourth-order valence-corrected chi connectivity index (χ4v) is 3.57. The minimum absolute atomic E-state index is 0.359. The Balaban J connectivity index is 1.79. The van der Waals surface area contributed by atoms with E-state index in [2.05, 4.69) is 4.98 Å². The molecule has 6 heteroatoms. The number of nitrogens with zero attached hydrogens (tertiary/aromatic N) is 1. The second-order valence-electron chi connectivity index (χ2n) is 8.10. The number of aromatic nitrogens is 1. The number of carbonyl (C=O) groups is 1. The number of fused-ring (bicyclic) bond motifs is 1. The van der Waals surface area contributed by atoms with Crippen molar-refractivity contribution in [1.29, 1.82) is 0 Å². The maximum absolute atomic E-state index is 11.1. The van der Waals surface area contributed by atoms with Crippen LogP contribution in [0.15, 0.2) is 34.7 Å². The lowest BCUT2D eigenvalue weighted by atomic mass is 9.90. The van der Waals surface area contributed by atoms with Gasteiger partial charge in [0.05, 0.1) is 16.2 Å². The summed E-state index contributed by atoms with van der Waals surface area (Å²) in [6.45, 7) is 10.1. The Morgan fingerprint density at radius 1 is 1.11 bits per heavy atom. The molecule has 1 aromatic heterocycles. The SMILES string of the molecule is Cc1c(-c2nc3cc(C=O)cc(Cl)c3o2)cccc1C1OC(C)(C)C(C)(C)O1. The normalized spacial score (nSPS) is 18.6. The molecule has 0 amide bonds. The second kappa shape index (κ2) is 6.41. The first-order valence-electron chi connectivity index (χ1n) is 9.14. The minimum Gasteiger partial charge on any atom is -0.434 e. The van der Waals surface area contributed by atoms with Crippen molar-refractivity contribution in [2.45, 2.75) is 52.1 Å². The molecule has 2 aromatic carbocycles. The van der Waals surface area contributed by atoms with Crippen LogP contribution < -0.4 is 0 Å². The van der Waals surface area contributed by atoms with Gasteiger partial charge in [0.25, 0.3) is 0 Å². The molecule has 0 N–H and O–H groups in total. The summed E-state index contributed by atoms with van der Waals surface area (Å²) in [7, 11) is 0. The quantitative estimate of drug-likeness (QED) is 0.515. The van der Waals surface area contributed by atoms with E-state index < -0.39 is 17.5 Å². The van der Waals surface area contributed by atoms with E-state index in [0.29, 0.717) is 27.6 Å². The van der Waals surface area contributed by atoms with Crippen molar-refractivity contribution in [2.75, 3.05) is 0 Å². The first kappa shape index (κ1) is 19.1. The van der Waals surface area contributed by atoms with E-state index in [9.17, 15) is 4.79 Å². The van der Waals surface area contributed by atoms with Gasteiger partial charge >= 0.3 is 0 Å². The second-order valence-corrected chi connectivity index (χ2v) is 8.50. The summed E-state index contributed by atoms with van der Waals surface area (Å²) in [5.41, 5.74) is 3.34. The molecule has 0 bridgehead atoms. The third kappa shape index (κ3) is 2.94. The molecule has 146 valence electrons. The number of carbonyl (C=O) groups excluding carboxylic acids is 1. The highest BCUT2D eigenvalue weighted by Gasteiger charge is 2.49. The van der Waals surface area contributed by atoms with Crippen molar-refractivity contribution in [3.63, 3.8) is 0 Å². The molecule has 0 aliphatic carbocycles. The summed E-state index contributed by atoms with van der Waals surface area (Å²) in [6, 6.07) is 9.08. The van der Waals surface area contributed by atoms with E-state index in [1.54, 1.807) is 12.1 Å². The lowest BCUT2D eigenvalue weighted by Crippen LogP contribution is -2.41. The molecule has 0 radical (unpaired) electrons. The Morgan fingerprint density at radius 2 is 1.79 bits per heavy atom. The molecule has 28 heavy (non-hydrogen) atoms. The van der Waals surface area contributed by atoms with Crippen LogP contribution in [0.5, 0.6) is 0 Å². The van der Waals surface area contributed by atoms with Crippen LogP contribution in [0.4, 0.5) is 0 Å². The highest BCUT2D eigenvalue weighted by atomic mass is 35.5. The maximum atomic E-state index is 11.1. The first-order chi connectivity index (χ1) is 13.1. The van der Waals surface area contributed by atoms with Crippen LogP contribution in [0.1, 0.15) is 55.5 Å². The summed E-state index contributed by atoms with van der Waals surface area (Å²) in [5, 5.41) is 0.359. The van der Waals surface area contributed by atoms with Gasteiger partial charge in [0.15, 0.2) is 11.9 Å². The number of halogens is 1. The number of hydrogen-bond donors (Lipinski definition) is 0. The summed E-state index contributed by atoms with van der Waals surface area (Å²) in [6.07, 6.45) is 0.267. The molecule has 5 nitrogen and oxygen atoms in total. The largest absolute Gasteiger partial charge is 0.434 e. The molecule has 1 saturated heterocycles. The van der Waals surface area contributed by atoms with Gasteiger partial charge < -0.3 is 13.9 Å². The summed E-state index contributed by atoms with van der Waals surface area (Å²) >= 11 is 6.25. The van der Waals surface area contributed by atoms with Crippen LogP contribution in [0.2, 0.25) is 5.02 Å². The fraction of sp³-hybridized carbons (Fsp3) is 0.364. The standard InChI is InChI=1S/C22H22ClNO4/c1-12-14(19-24-17-10-13(11-25)9-16(23)18(17)26-19)7-6-8-15(12)20-27-21(2,3)22(4,5)28-20/h6-11,20H,1-5H3. The molecule has 2 heterocycles. The number of rotatable bonds is 3. The zero-order valence-corrected chi connectivity index (χ0v) is 17.3. The average molecular weight is 400 g/mol. The van der Waals surface area contributed by atoms with E-state index in [4.69, 9.17) is 25.5 Å². The number of oxazole rings is 1. The fourth-order valence-electron chi connectivity index (χ4n) is 3.31. The van der Waals surface area contributed by atoms with Gasteiger partial charge in [-0.15, -0.1) is 0 Å². The number of aldehydes is 1. The summed E-state index contributed by atoms with van der Waals surface area (Å²) in [5.74, 6) is 0.441. The first-order valence-corrected chi connectivity index (χ1v) is 9.51. The van der Waals surface area contributed by atoms with Crippen LogP contribution in [-0.2, 0) is 9.47 Å². The Hall–Kier alpha value is -2.21. The van der Waals surface area contributed by atoms with E-state index in [-0.39, 0.29) is 0 Å². The van der Waals surface area contributed by atoms with Gasteiger partial charge in [-0.1, -0.05) is 23.7 Å². The van der Waals surface area contributed by atoms with Gasteiger partial charge in [0, 0.05) is 16.7 Å². The molecule has 0 atom stereocenters. The van der Waals surface area contributed by atoms with Crippen LogP contribution in [0, 0.1) is 6.92 Å². The molecular formula is C22H22ClNO4. The van der Waals surface area contributed by atoms with Crippen molar-refractivity contribution in [3.05, 3.63) is 52.0 Å². The Kier molecular flexibility index (Phi) is 4.38. The average Bonchev–Trinajstić information content (AvgIpc) is 3.13. The smallest absolute Gasteiger partial charge is 0.227 e. The van der Waals surface area contributed by atoms with Crippen molar-refractivity contribution < 1.29 is 18.7 Å². The van der Waals surface area contributed by atoms with Crippen LogP contribution in [-0.4, -0.2) is 22.5 Å². The predicted octanol–water partition coefficient (Wildman–Crippen LogP) is 5.87. The van der Waals surface area contributed by atoms with E-state index >= 15 is 0 Å². The monoisotopic (exact) mass is 399 g/mol. The highest BCUT2D eigenvalue weighted by Crippen LogP contribution is 2.46. The molecule has 3 aromatic rings. The summed E-state index contributed by atoms with van der Waals surface area (Å²) < 4.78 is 18.3. The third-order valence-corrected chi connectivity index (χ3v) is 6.00. The number of benzene rings is 2. The minimum atomic E-state index is -0.473. The van der Waals surface area contributed by atoms with E-state index in [1.807, 2.05) is 52.8 Å². The molecule has 1 fully saturated rings. The maximum Gasteiger partial charge on any atom is 0.227 e. The summed E-state index contributed by atoms with van der Waals surface area (Å²) in [4.78, 5) is 15.6. The van der Waals surface area contributed by atoms with Gasteiger partial charge in [-0.3, -0.25) is 4.79 Å². The van der Waals surface area contributed by atoms with Crippen LogP contribution in [0.3, 0.4) is 0 Å². The molecular weight excluding hydrogens is 378 g/mol. The van der Waals surface area contributed by atoms with Gasteiger partial charge in [-0.2, -0.15) is 0 Å². The molecule has 1 aliphatic heterocycles. The third-order valence-electron chi connectivity index (χ3n) is 5.72. The van der Waals surface area contributed by atoms with Crippen molar-refractivity contribution in [3.8, 4) is 11.5 Å². The molecule has 0 saturated carbocycles. The van der Waals surface area contributed by atoms with Crippen molar-refractivity contribution in [1.82, 2.24) is 4.98 Å². The van der Waals surface area contributed by atoms with Gasteiger partial charge in [-0.25, -0.2) is 4.98 Å². The number of hydrogen-bond acceptors (Lipinski definition) is 5. The topological polar surface area (TPSA) is 61.6 Å². The predicted molar refractivity (Wildman–Crippen MR) is 108 cm³/mol. The number of ether oxygens (including phenoxy) is 2. The van der Waals surface area contributed by atoms with Gasteiger partial charge in [-0.05, 0) is 58.4 Å². The van der Waals surface area contributed by atoms with Gasteiger partial charge in [0.2, 0.25) is 5.89 Å². The van der Waals surface area contributed by atoms with Crippen LogP contribution >= 0.6 is 11.6 Å². The van der Waals surface area contributed by atoms with E-state index in [0.717, 1.165) is 23.0 Å². The molecule has 4 rings (SSSR count). The highest BCUT2D eigenvalue weighted by molar-refractivity contribution is 6.35. The molecule has 1 aliphatic rings. The Bertz CT molecular complexity index is 1070. The Morgan fingerprint density at radius 3 is 2.43 bits per heavy atom. The zero-order chi connectivity index (χ0) is 20.3. The zero-order valence-electron chi connectivity index (χ0n) is 16.5. The van der Waals surface area contributed by atoms with Crippen molar-refractivity contribution in [2.24, 2.45) is 0 Å². The van der Waals surface area contributed by atoms with Crippen molar-refractivity contribution >= 4 is 29.0 Å². The molecule has 0 unspecified atom stereocenters. The van der Waals surface area contributed by atoms with Gasteiger partial charge in [0.1, 0.15) is 11.8 Å². The Labute approximate surface area is 168 Å². The lowest BCUT2D eigenvalue weighted by Gasteiger charge is -2.30. The van der Waals surface area contributed by atoms with Crippen LogP contribution in [0.25, 0.3) is 22.6 Å². The lowest BCUT2D eigenvalue weighted by molar-refractivity contribution is -0.0898.